The highest BCUT2D eigenvalue weighted by atomic mass is 19.1. The Bertz CT molecular complexity index is 1080. The molecule has 0 radical (unpaired) electrons. The van der Waals surface area contributed by atoms with Crippen LogP contribution in [0, 0.1) is 23.0 Å². The molecule has 0 aliphatic carbocycles. The average Bonchev–Trinajstić information content (AvgIpc) is 2.58. The molecule has 24 heavy (non-hydrogen) atoms. The van der Waals surface area contributed by atoms with Crippen LogP contribution in [0.2, 0.25) is 0 Å². The monoisotopic (exact) mass is 324 g/mol. The summed E-state index contributed by atoms with van der Waals surface area (Å²) < 4.78 is 28.1. The van der Waals surface area contributed by atoms with Crippen molar-refractivity contribution in [2.75, 3.05) is 11.9 Å². The van der Waals surface area contributed by atoms with E-state index in [-0.39, 0.29) is 10.9 Å². The first-order valence-electron chi connectivity index (χ1n) is 7.23. The third-order valence-corrected chi connectivity index (χ3v) is 4.21. The molecule has 0 saturated heterocycles. The summed E-state index contributed by atoms with van der Waals surface area (Å²) >= 11 is 0. The minimum Gasteiger partial charge on any atom is -0.383 e. The van der Waals surface area contributed by atoms with Gasteiger partial charge in [-0.2, -0.15) is 10.4 Å². The molecule has 0 bridgehead atoms. The summed E-state index contributed by atoms with van der Waals surface area (Å²) in [5, 5.41) is 19.0. The van der Waals surface area contributed by atoms with Crippen LogP contribution in [0.1, 0.15) is 22.7 Å². The van der Waals surface area contributed by atoms with E-state index in [1.165, 1.54) is 24.3 Å². The Labute approximate surface area is 134 Å². The normalized spacial score (nSPS) is 15.8. The van der Waals surface area contributed by atoms with Crippen molar-refractivity contribution >= 4 is 16.5 Å². The first kappa shape index (κ1) is 14.3. The summed E-state index contributed by atoms with van der Waals surface area (Å²) in [7, 11) is 0. The molecule has 0 spiro atoms. The van der Waals surface area contributed by atoms with Gasteiger partial charge in [0.05, 0.1) is 22.7 Å². The number of hydrogen-bond acceptors (Lipinski definition) is 4. The first-order valence-corrected chi connectivity index (χ1v) is 7.23. The van der Waals surface area contributed by atoms with Gasteiger partial charge in [-0.05, 0) is 29.8 Å². The molecule has 4 rings (SSSR count). The molecule has 1 atom stereocenters. The molecule has 5 nitrogen and oxygen atoms in total. The number of rotatable bonds is 1. The summed E-state index contributed by atoms with van der Waals surface area (Å²) in [6, 6.07) is 8.55. The van der Waals surface area contributed by atoms with Gasteiger partial charge in [0.15, 0.2) is 0 Å². The summed E-state index contributed by atoms with van der Waals surface area (Å²) in [5.41, 5.74) is 1.02. The minimum atomic E-state index is -0.532. The molecule has 1 aliphatic rings. The molecule has 2 N–H and O–H groups in total. The topological polar surface area (TPSA) is 81.6 Å². The van der Waals surface area contributed by atoms with Gasteiger partial charge in [-0.1, -0.05) is 6.07 Å². The SMILES string of the molecule is N#Cc1ccc([C@H]2CNc3cc(F)cc4c(=O)[nH]nc2c34)c(F)c1. The van der Waals surface area contributed by atoms with Gasteiger partial charge in [-0.25, -0.2) is 13.9 Å². The fraction of sp³-hybridized carbons (Fsp3) is 0.118. The summed E-state index contributed by atoms with van der Waals surface area (Å²) in [6.07, 6.45) is 0. The van der Waals surface area contributed by atoms with Gasteiger partial charge in [-0.3, -0.25) is 4.79 Å². The lowest BCUT2D eigenvalue weighted by molar-refractivity contribution is 0.594. The van der Waals surface area contributed by atoms with E-state index >= 15 is 0 Å². The Kier molecular flexibility index (Phi) is 3.06. The Morgan fingerprint density at radius 3 is 2.83 bits per heavy atom. The second-order valence-electron chi connectivity index (χ2n) is 5.60. The van der Waals surface area contributed by atoms with E-state index < -0.39 is 23.1 Å². The first-order chi connectivity index (χ1) is 11.6. The predicted molar refractivity (Wildman–Crippen MR) is 83.8 cm³/mol. The number of halogens is 2. The zero-order valence-corrected chi connectivity index (χ0v) is 12.2. The number of aromatic nitrogens is 2. The van der Waals surface area contributed by atoms with Crippen LogP contribution in [0.3, 0.4) is 0 Å². The average molecular weight is 324 g/mol. The van der Waals surface area contributed by atoms with Crippen LogP contribution in [-0.4, -0.2) is 16.7 Å². The number of nitrogens with zero attached hydrogens (tertiary/aromatic N) is 2. The van der Waals surface area contributed by atoms with Crippen LogP contribution in [0.25, 0.3) is 10.8 Å². The fourth-order valence-electron chi connectivity index (χ4n) is 3.13. The molecule has 2 aromatic carbocycles. The Balaban J connectivity index is 1.97. The van der Waals surface area contributed by atoms with Crippen molar-refractivity contribution in [2.45, 2.75) is 5.92 Å². The highest BCUT2D eigenvalue weighted by Gasteiger charge is 2.28. The van der Waals surface area contributed by atoms with Gasteiger partial charge in [0.1, 0.15) is 11.6 Å². The number of benzene rings is 2. The number of anilines is 1. The van der Waals surface area contributed by atoms with Gasteiger partial charge in [-0.15, -0.1) is 0 Å². The Morgan fingerprint density at radius 1 is 1.25 bits per heavy atom. The zero-order valence-electron chi connectivity index (χ0n) is 12.2. The van der Waals surface area contributed by atoms with Gasteiger partial charge in [0.25, 0.3) is 5.56 Å². The molecular formula is C17H10F2N4O. The molecule has 0 fully saturated rings. The second-order valence-corrected chi connectivity index (χ2v) is 5.60. The lowest BCUT2D eigenvalue weighted by atomic mass is 9.88. The van der Waals surface area contributed by atoms with Crippen LogP contribution >= 0.6 is 0 Å². The van der Waals surface area contributed by atoms with E-state index in [4.69, 9.17) is 5.26 Å². The quantitative estimate of drug-likeness (QED) is 0.721. The van der Waals surface area contributed by atoms with Crippen LogP contribution in [-0.2, 0) is 0 Å². The summed E-state index contributed by atoms with van der Waals surface area (Å²) in [4.78, 5) is 11.9. The largest absolute Gasteiger partial charge is 0.383 e. The van der Waals surface area contributed by atoms with Crippen LogP contribution in [0.4, 0.5) is 14.5 Å². The lowest BCUT2D eigenvalue weighted by Gasteiger charge is -2.26. The van der Waals surface area contributed by atoms with E-state index in [9.17, 15) is 13.6 Å². The molecule has 0 amide bonds. The standard InChI is InChI=1S/C17H10F2N4O/c18-9-4-11-15-14(5-9)21-7-12(16(15)22-23-17(11)24)10-2-1-8(6-20)3-13(10)19/h1-5,12,21H,7H2,(H,23,24)/t12-/m1/s1. The molecular weight excluding hydrogens is 314 g/mol. The highest BCUT2D eigenvalue weighted by molar-refractivity contribution is 5.97. The Hall–Kier alpha value is -3.27. The molecule has 7 heteroatoms. The van der Waals surface area contributed by atoms with E-state index in [1.54, 1.807) is 0 Å². The second kappa shape index (κ2) is 5.13. The van der Waals surface area contributed by atoms with Gasteiger partial charge < -0.3 is 5.32 Å². The predicted octanol–water partition coefficient (Wildman–Crippen LogP) is 2.63. The summed E-state index contributed by atoms with van der Waals surface area (Å²) in [5.74, 6) is -1.52. The maximum absolute atomic E-state index is 14.4. The molecule has 2 heterocycles. The van der Waals surface area contributed by atoms with Gasteiger partial charge >= 0.3 is 0 Å². The van der Waals surface area contributed by atoms with E-state index in [0.717, 1.165) is 6.07 Å². The third kappa shape index (κ3) is 2.04. The van der Waals surface area contributed by atoms with Gasteiger partial charge in [0.2, 0.25) is 0 Å². The zero-order chi connectivity index (χ0) is 16.8. The maximum atomic E-state index is 14.4. The fourth-order valence-corrected chi connectivity index (χ4v) is 3.13. The van der Waals surface area contributed by atoms with Crippen molar-refractivity contribution < 1.29 is 8.78 Å². The third-order valence-electron chi connectivity index (χ3n) is 4.21. The van der Waals surface area contributed by atoms with E-state index in [0.29, 0.717) is 28.9 Å². The van der Waals surface area contributed by atoms with Crippen LogP contribution in [0.15, 0.2) is 35.1 Å². The van der Waals surface area contributed by atoms with Crippen LogP contribution in [0.5, 0.6) is 0 Å². The minimum absolute atomic E-state index is 0.168. The van der Waals surface area contributed by atoms with Crippen molar-refractivity contribution in [1.29, 1.82) is 5.26 Å². The molecule has 118 valence electrons. The van der Waals surface area contributed by atoms with Crippen LogP contribution < -0.4 is 10.9 Å². The summed E-state index contributed by atoms with van der Waals surface area (Å²) in [6.45, 7) is 0.299. The number of H-pyrrole nitrogens is 1. The molecule has 0 unspecified atom stereocenters. The lowest BCUT2D eigenvalue weighted by Crippen LogP contribution is -2.25. The van der Waals surface area contributed by atoms with Crippen molar-refractivity contribution in [2.24, 2.45) is 0 Å². The molecule has 1 aromatic heterocycles. The number of aromatic amines is 1. The maximum Gasteiger partial charge on any atom is 0.272 e. The van der Waals surface area contributed by atoms with E-state index in [2.05, 4.69) is 15.5 Å². The Morgan fingerprint density at radius 2 is 2.08 bits per heavy atom. The highest BCUT2D eigenvalue weighted by Crippen LogP contribution is 2.37. The number of nitriles is 1. The number of hydrogen-bond donors (Lipinski definition) is 2. The van der Waals surface area contributed by atoms with Gasteiger partial charge in [0, 0.05) is 23.5 Å². The van der Waals surface area contributed by atoms with Crippen molar-refractivity contribution in [3.63, 3.8) is 0 Å². The van der Waals surface area contributed by atoms with Crippen molar-refractivity contribution in [3.05, 3.63) is 69.1 Å². The smallest absolute Gasteiger partial charge is 0.272 e. The number of nitrogens with one attached hydrogen (secondary N) is 2. The van der Waals surface area contributed by atoms with Crippen molar-refractivity contribution in [3.8, 4) is 6.07 Å². The van der Waals surface area contributed by atoms with Crippen molar-refractivity contribution in [1.82, 2.24) is 10.2 Å². The molecule has 1 aliphatic heterocycles. The molecule has 3 aromatic rings. The van der Waals surface area contributed by atoms with E-state index in [1.807, 2.05) is 6.07 Å². The molecule has 0 saturated carbocycles.